The van der Waals surface area contributed by atoms with Gasteiger partial charge < -0.3 is 25.9 Å². The number of phenolic OH excluding ortho intramolecular Hbond substituents is 1. The Kier molecular flexibility index (Phi) is 6.38. The van der Waals surface area contributed by atoms with Gasteiger partial charge in [0.25, 0.3) is 0 Å². The molecular weight excluding hydrogens is 521 g/mol. The number of phenols is 1. The first-order valence-electron chi connectivity index (χ1n) is 12.7. The van der Waals surface area contributed by atoms with Gasteiger partial charge in [-0.2, -0.15) is 0 Å². The van der Waals surface area contributed by atoms with Gasteiger partial charge in [-0.3, -0.25) is 4.98 Å². The van der Waals surface area contributed by atoms with Crippen LogP contribution in [0.15, 0.2) is 54.9 Å². The molecule has 1 aliphatic carbocycles. The SMILES string of the molecule is NC1CCN(c2cc(Nc3c(C4(C=O)CC4)cnc4ccc(-c5cc(Cl)c(O)c(Cl)c5)cc34)ccn2)CC1. The third-order valence-corrected chi connectivity index (χ3v) is 8.22. The number of hydrogen-bond donors (Lipinski definition) is 3. The molecule has 9 heteroatoms. The number of anilines is 3. The Morgan fingerprint density at radius 3 is 2.45 bits per heavy atom. The van der Waals surface area contributed by atoms with Crippen molar-refractivity contribution in [1.82, 2.24) is 9.97 Å². The predicted octanol–water partition coefficient (Wildman–Crippen LogP) is 6.21. The largest absolute Gasteiger partial charge is 0.505 e. The van der Waals surface area contributed by atoms with Gasteiger partial charge in [0.2, 0.25) is 0 Å². The Morgan fingerprint density at radius 1 is 1.03 bits per heavy atom. The summed E-state index contributed by atoms with van der Waals surface area (Å²) >= 11 is 12.4. The van der Waals surface area contributed by atoms with Gasteiger partial charge in [0.15, 0.2) is 5.75 Å². The molecule has 0 atom stereocenters. The van der Waals surface area contributed by atoms with Crippen molar-refractivity contribution in [2.45, 2.75) is 37.1 Å². The number of piperidine rings is 1. The third-order valence-electron chi connectivity index (χ3n) is 7.65. The molecule has 0 radical (unpaired) electrons. The highest BCUT2D eigenvalue weighted by atomic mass is 35.5. The van der Waals surface area contributed by atoms with Gasteiger partial charge in [0.1, 0.15) is 12.1 Å². The topological polar surface area (TPSA) is 104 Å². The third kappa shape index (κ3) is 4.55. The molecule has 6 rings (SSSR count). The van der Waals surface area contributed by atoms with Crippen LogP contribution in [-0.2, 0) is 10.2 Å². The number of nitrogens with one attached hydrogen (secondary N) is 1. The number of aromatic hydroxyl groups is 1. The van der Waals surface area contributed by atoms with Crippen LogP contribution >= 0.6 is 23.2 Å². The zero-order valence-corrected chi connectivity index (χ0v) is 22.1. The number of carbonyl (C=O) groups excluding carboxylic acids is 1. The summed E-state index contributed by atoms with van der Waals surface area (Å²) in [5.74, 6) is 0.752. The molecule has 1 saturated heterocycles. The standard InChI is InChI=1S/C29H27Cl2N5O2/c30-23-12-18(13-24(31)28(23)38)17-1-2-25-21(11-17)27(22(15-34-25)29(16-37)6-7-29)35-20-3-8-33-26(14-20)36-9-4-19(32)5-10-36/h1-3,8,11-16,19,38H,4-7,9-10,32H2,(H,33,34,35). The Hall–Kier alpha value is -3.39. The molecule has 2 fully saturated rings. The maximum absolute atomic E-state index is 12.2. The predicted molar refractivity (Wildman–Crippen MR) is 153 cm³/mol. The monoisotopic (exact) mass is 547 g/mol. The molecule has 38 heavy (non-hydrogen) atoms. The van der Waals surface area contributed by atoms with Gasteiger partial charge in [0, 0.05) is 54.2 Å². The van der Waals surface area contributed by atoms with Crippen LogP contribution in [-0.4, -0.2) is 40.5 Å². The van der Waals surface area contributed by atoms with Crippen molar-refractivity contribution < 1.29 is 9.90 Å². The van der Waals surface area contributed by atoms with Gasteiger partial charge >= 0.3 is 0 Å². The van der Waals surface area contributed by atoms with E-state index in [-0.39, 0.29) is 21.8 Å². The van der Waals surface area contributed by atoms with Gasteiger partial charge in [-0.15, -0.1) is 0 Å². The molecule has 1 saturated carbocycles. The van der Waals surface area contributed by atoms with Crippen LogP contribution < -0.4 is 16.0 Å². The lowest BCUT2D eigenvalue weighted by Crippen LogP contribution is -2.40. The van der Waals surface area contributed by atoms with Crippen molar-refractivity contribution in [2.24, 2.45) is 5.73 Å². The molecule has 7 nitrogen and oxygen atoms in total. The summed E-state index contributed by atoms with van der Waals surface area (Å²) < 4.78 is 0. The van der Waals surface area contributed by atoms with Crippen LogP contribution in [0.3, 0.4) is 0 Å². The molecule has 3 heterocycles. The van der Waals surface area contributed by atoms with E-state index in [2.05, 4.69) is 15.2 Å². The number of aromatic nitrogens is 2. The molecule has 1 aliphatic heterocycles. The zero-order chi connectivity index (χ0) is 26.4. The van der Waals surface area contributed by atoms with Crippen LogP contribution in [0.2, 0.25) is 10.0 Å². The summed E-state index contributed by atoms with van der Waals surface area (Å²) in [7, 11) is 0. The van der Waals surface area contributed by atoms with Crippen molar-refractivity contribution in [1.29, 1.82) is 0 Å². The number of pyridine rings is 2. The number of hydrogen-bond acceptors (Lipinski definition) is 7. The molecular formula is C29H27Cl2N5O2. The molecule has 4 aromatic rings. The van der Waals surface area contributed by atoms with Gasteiger partial charge in [-0.25, -0.2) is 4.98 Å². The normalized spacial score (nSPS) is 17.0. The first-order chi connectivity index (χ1) is 18.4. The van der Waals surface area contributed by atoms with Gasteiger partial charge in [-0.05, 0) is 67.1 Å². The number of rotatable bonds is 6. The first-order valence-corrected chi connectivity index (χ1v) is 13.4. The molecule has 0 bridgehead atoms. The number of nitrogens with two attached hydrogens (primary N) is 1. The average Bonchev–Trinajstić information content (AvgIpc) is 3.73. The lowest BCUT2D eigenvalue weighted by atomic mass is 9.94. The molecule has 2 aromatic heterocycles. The van der Waals surface area contributed by atoms with Crippen LogP contribution in [0.25, 0.3) is 22.0 Å². The zero-order valence-electron chi connectivity index (χ0n) is 20.6. The highest BCUT2D eigenvalue weighted by Crippen LogP contribution is 2.51. The van der Waals surface area contributed by atoms with E-state index in [4.69, 9.17) is 33.9 Å². The highest BCUT2D eigenvalue weighted by molar-refractivity contribution is 6.37. The van der Waals surface area contributed by atoms with Crippen LogP contribution in [0.1, 0.15) is 31.2 Å². The Bertz CT molecular complexity index is 1520. The molecule has 0 unspecified atom stereocenters. The summed E-state index contributed by atoms with van der Waals surface area (Å²) in [6, 6.07) is 13.5. The highest BCUT2D eigenvalue weighted by Gasteiger charge is 2.46. The second-order valence-electron chi connectivity index (χ2n) is 10.2. The van der Waals surface area contributed by atoms with E-state index in [0.29, 0.717) is 0 Å². The van der Waals surface area contributed by atoms with E-state index in [0.717, 1.165) is 89.8 Å². The van der Waals surface area contributed by atoms with Crippen LogP contribution in [0.4, 0.5) is 17.2 Å². The van der Waals surface area contributed by atoms with Crippen molar-refractivity contribution in [3.63, 3.8) is 0 Å². The minimum Gasteiger partial charge on any atom is -0.505 e. The lowest BCUT2D eigenvalue weighted by Gasteiger charge is -2.31. The number of nitrogens with zero attached hydrogens (tertiary/aromatic N) is 3. The van der Waals surface area contributed by atoms with E-state index in [1.54, 1.807) is 18.3 Å². The quantitative estimate of drug-likeness (QED) is 0.246. The van der Waals surface area contributed by atoms with Gasteiger partial charge in [-0.1, -0.05) is 29.3 Å². The number of aldehydes is 1. The fraction of sp³-hybridized carbons (Fsp3) is 0.276. The minimum absolute atomic E-state index is 0.144. The average molecular weight is 548 g/mol. The second-order valence-corrected chi connectivity index (χ2v) is 11.0. The summed E-state index contributed by atoms with van der Waals surface area (Å²) in [5, 5.41) is 14.9. The maximum atomic E-state index is 12.2. The van der Waals surface area contributed by atoms with E-state index in [1.165, 1.54) is 0 Å². The molecule has 2 aromatic carbocycles. The first kappa shape index (κ1) is 24.9. The lowest BCUT2D eigenvalue weighted by molar-refractivity contribution is -0.109. The summed E-state index contributed by atoms with van der Waals surface area (Å²) in [6.07, 6.45) is 8.11. The Morgan fingerprint density at radius 2 is 1.76 bits per heavy atom. The smallest absolute Gasteiger partial charge is 0.152 e. The Labute approximate surface area is 230 Å². The summed E-state index contributed by atoms with van der Waals surface area (Å²) in [6.45, 7) is 1.74. The van der Waals surface area contributed by atoms with Crippen LogP contribution in [0.5, 0.6) is 5.75 Å². The van der Waals surface area contributed by atoms with Crippen molar-refractivity contribution >= 4 is 57.6 Å². The fourth-order valence-electron chi connectivity index (χ4n) is 5.14. The van der Waals surface area contributed by atoms with E-state index >= 15 is 0 Å². The molecule has 0 spiro atoms. The molecule has 194 valence electrons. The van der Waals surface area contributed by atoms with Crippen molar-refractivity contribution in [3.8, 4) is 16.9 Å². The number of benzene rings is 2. The minimum atomic E-state index is -0.538. The van der Waals surface area contributed by atoms with Crippen LogP contribution in [0, 0.1) is 0 Å². The summed E-state index contributed by atoms with van der Waals surface area (Å²) in [5.41, 5.74) is 10.6. The maximum Gasteiger partial charge on any atom is 0.152 e. The van der Waals surface area contributed by atoms with Crippen molar-refractivity contribution in [2.75, 3.05) is 23.3 Å². The van der Waals surface area contributed by atoms with Crippen molar-refractivity contribution in [3.05, 3.63) is 70.5 Å². The Balaban J connectivity index is 1.45. The second kappa shape index (κ2) is 9.73. The summed E-state index contributed by atoms with van der Waals surface area (Å²) in [4.78, 5) is 23.7. The number of halogens is 2. The van der Waals surface area contributed by atoms with E-state index in [1.807, 2.05) is 36.5 Å². The molecule has 0 amide bonds. The number of carbonyl (C=O) groups is 1. The van der Waals surface area contributed by atoms with E-state index < -0.39 is 5.41 Å². The van der Waals surface area contributed by atoms with E-state index in [9.17, 15) is 9.90 Å². The van der Waals surface area contributed by atoms with Gasteiger partial charge in [0.05, 0.1) is 26.7 Å². The molecule has 4 N–H and O–H groups in total. The fourth-order valence-corrected chi connectivity index (χ4v) is 5.63. The molecule has 2 aliphatic rings. The number of fused-ring (bicyclic) bond motifs is 1.